The summed E-state index contributed by atoms with van der Waals surface area (Å²) in [5.41, 5.74) is 0.384. The first kappa shape index (κ1) is 14.4. The summed E-state index contributed by atoms with van der Waals surface area (Å²) in [6.45, 7) is 13.0. The van der Waals surface area contributed by atoms with E-state index >= 15 is 0 Å². The minimum atomic E-state index is 0.384. The van der Waals surface area contributed by atoms with Crippen LogP contribution in [0.15, 0.2) is 0 Å². The standard InChI is InChI=1S/C14H29NS/c1-5-15(9-12-7-6-8-12)10-13(11-16)14(2,3)4/h12-13,16H,5-11H2,1-4H3. The number of hydrogen-bond acceptors (Lipinski definition) is 2. The molecule has 0 saturated heterocycles. The number of rotatable bonds is 6. The average molecular weight is 243 g/mol. The van der Waals surface area contributed by atoms with Gasteiger partial charge in [0.1, 0.15) is 0 Å². The Bertz CT molecular complexity index is 193. The second kappa shape index (κ2) is 6.30. The highest BCUT2D eigenvalue weighted by Crippen LogP contribution is 2.30. The van der Waals surface area contributed by atoms with E-state index in [9.17, 15) is 0 Å². The zero-order valence-corrected chi connectivity index (χ0v) is 12.4. The van der Waals surface area contributed by atoms with Gasteiger partial charge in [-0.15, -0.1) is 0 Å². The van der Waals surface area contributed by atoms with Crippen LogP contribution in [0.4, 0.5) is 0 Å². The summed E-state index contributed by atoms with van der Waals surface area (Å²) in [7, 11) is 0. The monoisotopic (exact) mass is 243 g/mol. The van der Waals surface area contributed by atoms with Gasteiger partial charge in [-0.25, -0.2) is 0 Å². The summed E-state index contributed by atoms with van der Waals surface area (Å²) in [6, 6.07) is 0. The van der Waals surface area contributed by atoms with Gasteiger partial charge in [0.2, 0.25) is 0 Å². The van der Waals surface area contributed by atoms with Crippen LogP contribution in [0.1, 0.15) is 47.0 Å². The normalized spacial score (nSPS) is 19.9. The fourth-order valence-electron chi connectivity index (χ4n) is 2.29. The first-order chi connectivity index (χ1) is 7.47. The fourth-order valence-corrected chi connectivity index (χ4v) is 2.95. The van der Waals surface area contributed by atoms with Crippen molar-refractivity contribution in [3.8, 4) is 0 Å². The minimum absolute atomic E-state index is 0.384. The van der Waals surface area contributed by atoms with E-state index < -0.39 is 0 Å². The maximum absolute atomic E-state index is 4.52. The first-order valence-electron chi connectivity index (χ1n) is 6.80. The average Bonchev–Trinajstić information content (AvgIpc) is 2.13. The fraction of sp³-hybridized carbons (Fsp3) is 1.00. The van der Waals surface area contributed by atoms with Gasteiger partial charge in [-0.3, -0.25) is 0 Å². The van der Waals surface area contributed by atoms with Gasteiger partial charge in [0.15, 0.2) is 0 Å². The summed E-state index contributed by atoms with van der Waals surface area (Å²) >= 11 is 4.52. The molecule has 0 radical (unpaired) electrons. The van der Waals surface area contributed by atoms with Crippen molar-refractivity contribution < 1.29 is 0 Å². The van der Waals surface area contributed by atoms with Crippen LogP contribution in [-0.4, -0.2) is 30.3 Å². The molecule has 1 rings (SSSR count). The molecule has 0 aliphatic heterocycles. The molecular weight excluding hydrogens is 214 g/mol. The van der Waals surface area contributed by atoms with E-state index in [4.69, 9.17) is 0 Å². The van der Waals surface area contributed by atoms with Crippen LogP contribution in [-0.2, 0) is 0 Å². The van der Waals surface area contributed by atoms with Gasteiger partial charge < -0.3 is 4.90 Å². The van der Waals surface area contributed by atoms with E-state index in [1.54, 1.807) is 0 Å². The maximum atomic E-state index is 4.52. The van der Waals surface area contributed by atoms with Crippen molar-refractivity contribution in [2.75, 3.05) is 25.4 Å². The molecule has 0 amide bonds. The van der Waals surface area contributed by atoms with Crippen molar-refractivity contribution >= 4 is 12.6 Å². The van der Waals surface area contributed by atoms with E-state index in [0.29, 0.717) is 11.3 Å². The zero-order valence-electron chi connectivity index (χ0n) is 11.5. The van der Waals surface area contributed by atoms with E-state index in [-0.39, 0.29) is 0 Å². The Morgan fingerprint density at radius 2 is 1.94 bits per heavy atom. The van der Waals surface area contributed by atoms with Gasteiger partial charge in [-0.1, -0.05) is 34.1 Å². The van der Waals surface area contributed by atoms with Crippen molar-refractivity contribution in [2.45, 2.75) is 47.0 Å². The molecule has 16 heavy (non-hydrogen) atoms. The molecule has 0 bridgehead atoms. The Labute approximate surface area is 107 Å². The van der Waals surface area contributed by atoms with Crippen LogP contribution in [0.2, 0.25) is 0 Å². The predicted molar refractivity (Wildman–Crippen MR) is 76.3 cm³/mol. The smallest absolute Gasteiger partial charge is 0.00225 e. The third kappa shape index (κ3) is 4.29. The summed E-state index contributed by atoms with van der Waals surface area (Å²) < 4.78 is 0. The van der Waals surface area contributed by atoms with Crippen molar-refractivity contribution in [2.24, 2.45) is 17.3 Å². The maximum Gasteiger partial charge on any atom is 0.00225 e. The van der Waals surface area contributed by atoms with E-state index in [1.165, 1.54) is 38.9 Å². The van der Waals surface area contributed by atoms with E-state index in [2.05, 4.69) is 45.2 Å². The largest absolute Gasteiger partial charge is 0.303 e. The van der Waals surface area contributed by atoms with Gasteiger partial charge in [-0.2, -0.15) is 12.6 Å². The predicted octanol–water partition coefficient (Wildman–Crippen LogP) is 3.70. The third-order valence-electron chi connectivity index (χ3n) is 4.11. The van der Waals surface area contributed by atoms with Crippen molar-refractivity contribution in [1.82, 2.24) is 4.90 Å². The Balaban J connectivity index is 2.40. The molecule has 2 heteroatoms. The molecule has 1 unspecified atom stereocenters. The second-order valence-electron chi connectivity index (χ2n) is 6.39. The first-order valence-corrected chi connectivity index (χ1v) is 7.43. The molecule has 1 aliphatic carbocycles. The highest BCUT2D eigenvalue weighted by Gasteiger charge is 2.27. The van der Waals surface area contributed by atoms with Gasteiger partial charge in [0.25, 0.3) is 0 Å². The molecule has 0 aromatic heterocycles. The van der Waals surface area contributed by atoms with Crippen molar-refractivity contribution in [3.63, 3.8) is 0 Å². The highest BCUT2D eigenvalue weighted by molar-refractivity contribution is 7.80. The van der Waals surface area contributed by atoms with Crippen LogP contribution < -0.4 is 0 Å². The van der Waals surface area contributed by atoms with Gasteiger partial charge in [-0.05, 0) is 42.4 Å². The molecule has 96 valence electrons. The van der Waals surface area contributed by atoms with E-state index in [1.807, 2.05) is 0 Å². The Hall–Kier alpha value is 0.310. The number of nitrogens with zero attached hydrogens (tertiary/aromatic N) is 1. The van der Waals surface area contributed by atoms with Gasteiger partial charge in [0, 0.05) is 13.1 Å². The Morgan fingerprint density at radius 1 is 1.31 bits per heavy atom. The van der Waals surface area contributed by atoms with Crippen LogP contribution in [0, 0.1) is 17.3 Å². The molecule has 1 aliphatic rings. The van der Waals surface area contributed by atoms with Crippen LogP contribution in [0.3, 0.4) is 0 Å². The molecular formula is C14H29NS. The van der Waals surface area contributed by atoms with Crippen molar-refractivity contribution in [3.05, 3.63) is 0 Å². The van der Waals surface area contributed by atoms with Crippen LogP contribution in [0.25, 0.3) is 0 Å². The summed E-state index contributed by atoms with van der Waals surface area (Å²) in [5, 5.41) is 0. The molecule has 0 heterocycles. The van der Waals surface area contributed by atoms with Gasteiger partial charge in [0.05, 0.1) is 0 Å². The number of thiol groups is 1. The van der Waals surface area contributed by atoms with Crippen LogP contribution >= 0.6 is 12.6 Å². The summed E-state index contributed by atoms with van der Waals surface area (Å²) in [4.78, 5) is 2.63. The second-order valence-corrected chi connectivity index (χ2v) is 6.76. The third-order valence-corrected chi connectivity index (χ3v) is 4.55. The lowest BCUT2D eigenvalue weighted by molar-refractivity contribution is 0.130. The summed E-state index contributed by atoms with van der Waals surface area (Å²) in [6.07, 6.45) is 4.37. The summed E-state index contributed by atoms with van der Waals surface area (Å²) in [5.74, 6) is 2.70. The van der Waals surface area contributed by atoms with Crippen molar-refractivity contribution in [1.29, 1.82) is 0 Å². The van der Waals surface area contributed by atoms with E-state index in [0.717, 1.165) is 11.7 Å². The highest BCUT2D eigenvalue weighted by atomic mass is 32.1. The molecule has 1 saturated carbocycles. The van der Waals surface area contributed by atoms with Gasteiger partial charge >= 0.3 is 0 Å². The quantitative estimate of drug-likeness (QED) is 0.696. The molecule has 0 aromatic carbocycles. The van der Waals surface area contributed by atoms with Crippen LogP contribution in [0.5, 0.6) is 0 Å². The molecule has 1 atom stereocenters. The minimum Gasteiger partial charge on any atom is -0.303 e. The molecule has 0 N–H and O–H groups in total. The molecule has 1 nitrogen and oxygen atoms in total. The SMILES string of the molecule is CCN(CC1CCC1)CC(CS)C(C)(C)C. The molecule has 0 spiro atoms. The molecule has 1 fully saturated rings. The topological polar surface area (TPSA) is 3.24 Å². The lowest BCUT2D eigenvalue weighted by atomic mass is 9.80. The zero-order chi connectivity index (χ0) is 12.2. The number of hydrogen-bond donors (Lipinski definition) is 1. The Morgan fingerprint density at radius 3 is 2.25 bits per heavy atom. The Kier molecular flexibility index (Phi) is 5.66. The lowest BCUT2D eigenvalue weighted by Gasteiger charge is -2.37. The molecule has 0 aromatic rings. The lowest BCUT2D eigenvalue weighted by Crippen LogP contribution is -2.40.